The van der Waals surface area contributed by atoms with Gasteiger partial charge >= 0.3 is 6.03 Å². The van der Waals surface area contributed by atoms with Crippen molar-refractivity contribution in [2.75, 3.05) is 0 Å². The van der Waals surface area contributed by atoms with Gasteiger partial charge in [0, 0.05) is 10.9 Å². The zero-order valence-electron chi connectivity index (χ0n) is 10.3. The lowest BCUT2D eigenvalue weighted by molar-refractivity contribution is -0.132. The third-order valence-electron chi connectivity index (χ3n) is 3.93. The molecular formula is C13H16N2O2S. The molecule has 18 heavy (non-hydrogen) atoms. The first-order valence-electron chi connectivity index (χ1n) is 6.33. The van der Waals surface area contributed by atoms with E-state index in [2.05, 4.69) is 5.32 Å². The van der Waals surface area contributed by atoms with Crippen molar-refractivity contribution in [1.29, 1.82) is 0 Å². The fraction of sp³-hybridized carbons (Fsp3) is 0.538. The van der Waals surface area contributed by atoms with Crippen molar-refractivity contribution in [1.82, 2.24) is 10.2 Å². The van der Waals surface area contributed by atoms with E-state index in [1.807, 2.05) is 17.5 Å². The zero-order valence-corrected chi connectivity index (χ0v) is 11.1. The number of nitrogens with zero attached hydrogens (tertiary/aromatic N) is 1. The molecule has 2 heterocycles. The Balaban J connectivity index is 1.92. The molecule has 0 spiro atoms. The fourth-order valence-corrected chi connectivity index (χ4v) is 3.72. The van der Waals surface area contributed by atoms with Crippen molar-refractivity contribution in [2.45, 2.75) is 44.2 Å². The number of thiophene rings is 1. The molecule has 1 N–H and O–H groups in total. The van der Waals surface area contributed by atoms with Crippen molar-refractivity contribution < 1.29 is 9.59 Å². The summed E-state index contributed by atoms with van der Waals surface area (Å²) < 4.78 is 0. The summed E-state index contributed by atoms with van der Waals surface area (Å²) in [4.78, 5) is 27.0. The van der Waals surface area contributed by atoms with Gasteiger partial charge in [-0.25, -0.2) is 4.79 Å². The highest BCUT2D eigenvalue weighted by Crippen LogP contribution is 2.35. The van der Waals surface area contributed by atoms with Crippen LogP contribution in [0.15, 0.2) is 17.5 Å². The van der Waals surface area contributed by atoms with Gasteiger partial charge in [0.05, 0.1) is 0 Å². The van der Waals surface area contributed by atoms with E-state index in [-0.39, 0.29) is 18.0 Å². The topological polar surface area (TPSA) is 49.4 Å². The predicted octanol–water partition coefficient (Wildman–Crippen LogP) is 2.46. The maximum atomic E-state index is 12.6. The first kappa shape index (κ1) is 11.7. The van der Waals surface area contributed by atoms with Crippen molar-refractivity contribution in [3.63, 3.8) is 0 Å². The van der Waals surface area contributed by atoms with Crippen LogP contribution in [0.3, 0.4) is 0 Å². The minimum Gasteiger partial charge on any atom is -0.319 e. The SMILES string of the molecule is C[C@@]1(c2cccs2)NC(=O)N(C2CCCC2)C1=O. The molecule has 1 aliphatic heterocycles. The van der Waals surface area contributed by atoms with E-state index in [1.54, 1.807) is 6.92 Å². The van der Waals surface area contributed by atoms with E-state index in [0.29, 0.717) is 0 Å². The minimum atomic E-state index is -0.867. The lowest BCUT2D eigenvalue weighted by Gasteiger charge is -2.23. The van der Waals surface area contributed by atoms with Gasteiger partial charge in [0.2, 0.25) is 0 Å². The molecule has 1 atom stereocenters. The average molecular weight is 264 g/mol. The lowest BCUT2D eigenvalue weighted by atomic mass is 10.00. The first-order valence-corrected chi connectivity index (χ1v) is 7.20. The van der Waals surface area contributed by atoms with Crippen LogP contribution in [0.2, 0.25) is 0 Å². The summed E-state index contributed by atoms with van der Waals surface area (Å²) >= 11 is 1.51. The molecule has 2 fully saturated rings. The summed E-state index contributed by atoms with van der Waals surface area (Å²) in [6.07, 6.45) is 4.11. The van der Waals surface area contributed by atoms with Crippen LogP contribution in [0.25, 0.3) is 0 Å². The number of urea groups is 1. The van der Waals surface area contributed by atoms with Gasteiger partial charge in [0.15, 0.2) is 5.54 Å². The number of imide groups is 1. The smallest absolute Gasteiger partial charge is 0.319 e. The summed E-state index contributed by atoms with van der Waals surface area (Å²) in [6.45, 7) is 1.80. The van der Waals surface area contributed by atoms with Crippen LogP contribution in [0.5, 0.6) is 0 Å². The molecule has 1 aliphatic carbocycles. The highest BCUT2D eigenvalue weighted by Gasteiger charge is 2.52. The Morgan fingerprint density at radius 3 is 2.72 bits per heavy atom. The van der Waals surface area contributed by atoms with Crippen molar-refractivity contribution in [2.24, 2.45) is 0 Å². The number of carbonyl (C=O) groups is 2. The van der Waals surface area contributed by atoms with Crippen molar-refractivity contribution in [3.8, 4) is 0 Å². The Hall–Kier alpha value is -1.36. The molecular weight excluding hydrogens is 248 g/mol. The monoisotopic (exact) mass is 264 g/mol. The minimum absolute atomic E-state index is 0.0955. The van der Waals surface area contributed by atoms with Gasteiger partial charge in [-0.15, -0.1) is 11.3 Å². The number of nitrogens with one attached hydrogen (secondary N) is 1. The molecule has 5 heteroatoms. The third kappa shape index (κ3) is 1.57. The molecule has 1 aromatic heterocycles. The van der Waals surface area contributed by atoms with E-state index >= 15 is 0 Å². The van der Waals surface area contributed by atoms with E-state index in [1.165, 1.54) is 16.2 Å². The zero-order chi connectivity index (χ0) is 12.8. The standard InChI is InChI=1S/C13H16N2O2S/c1-13(10-7-4-8-18-10)11(16)15(12(17)14-13)9-5-2-3-6-9/h4,7-9H,2-3,5-6H2,1H3,(H,14,17)/t13-/m0/s1. The maximum absolute atomic E-state index is 12.6. The number of rotatable bonds is 2. The molecule has 96 valence electrons. The van der Waals surface area contributed by atoms with Crippen LogP contribution in [0, 0.1) is 0 Å². The molecule has 2 aliphatic rings. The summed E-state index contributed by atoms with van der Waals surface area (Å²) in [7, 11) is 0. The molecule has 0 bridgehead atoms. The Labute approximate surface area is 110 Å². The normalized spacial score (nSPS) is 29.1. The van der Waals surface area contributed by atoms with E-state index in [0.717, 1.165) is 30.6 Å². The van der Waals surface area contributed by atoms with E-state index < -0.39 is 5.54 Å². The largest absolute Gasteiger partial charge is 0.325 e. The van der Waals surface area contributed by atoms with Gasteiger partial charge in [-0.3, -0.25) is 9.69 Å². The van der Waals surface area contributed by atoms with Crippen LogP contribution in [0.1, 0.15) is 37.5 Å². The van der Waals surface area contributed by atoms with Gasteiger partial charge in [-0.05, 0) is 31.2 Å². The Bertz CT molecular complexity index is 479. The second-order valence-corrected chi connectivity index (χ2v) is 6.09. The molecule has 0 aromatic carbocycles. The van der Waals surface area contributed by atoms with Gasteiger partial charge in [-0.1, -0.05) is 18.9 Å². The molecule has 1 saturated heterocycles. The van der Waals surface area contributed by atoms with Crippen LogP contribution >= 0.6 is 11.3 Å². The number of hydrogen-bond acceptors (Lipinski definition) is 3. The maximum Gasteiger partial charge on any atom is 0.325 e. The van der Waals surface area contributed by atoms with E-state index in [4.69, 9.17) is 0 Å². The Morgan fingerprint density at radius 1 is 1.39 bits per heavy atom. The van der Waals surface area contributed by atoms with Crippen molar-refractivity contribution >= 4 is 23.3 Å². The molecule has 0 unspecified atom stereocenters. The average Bonchev–Trinajstić information content (AvgIpc) is 3.03. The van der Waals surface area contributed by atoms with Crippen LogP contribution in [-0.2, 0) is 10.3 Å². The quantitative estimate of drug-likeness (QED) is 0.834. The molecule has 1 saturated carbocycles. The van der Waals surface area contributed by atoms with Crippen LogP contribution in [0.4, 0.5) is 4.79 Å². The molecule has 3 rings (SSSR count). The summed E-state index contributed by atoms with van der Waals surface area (Å²) in [6, 6.07) is 3.67. The highest BCUT2D eigenvalue weighted by atomic mass is 32.1. The fourth-order valence-electron chi connectivity index (χ4n) is 2.88. The molecule has 3 amide bonds. The highest BCUT2D eigenvalue weighted by molar-refractivity contribution is 7.10. The number of amides is 3. The summed E-state index contributed by atoms with van der Waals surface area (Å²) in [5, 5.41) is 4.79. The number of carbonyl (C=O) groups excluding carboxylic acids is 2. The molecule has 1 aromatic rings. The third-order valence-corrected chi connectivity index (χ3v) is 5.02. The van der Waals surface area contributed by atoms with Gasteiger partial charge in [0.25, 0.3) is 5.91 Å². The second kappa shape index (κ2) is 4.09. The molecule has 0 radical (unpaired) electrons. The van der Waals surface area contributed by atoms with Gasteiger partial charge in [0.1, 0.15) is 0 Å². The second-order valence-electron chi connectivity index (χ2n) is 5.15. The predicted molar refractivity (Wildman–Crippen MR) is 69.3 cm³/mol. The summed E-state index contributed by atoms with van der Waals surface area (Å²) in [5.41, 5.74) is -0.867. The van der Waals surface area contributed by atoms with E-state index in [9.17, 15) is 9.59 Å². The van der Waals surface area contributed by atoms with Gasteiger partial charge in [-0.2, -0.15) is 0 Å². The van der Waals surface area contributed by atoms with Crippen LogP contribution < -0.4 is 5.32 Å². The van der Waals surface area contributed by atoms with Crippen molar-refractivity contribution in [3.05, 3.63) is 22.4 Å². The summed E-state index contributed by atoms with van der Waals surface area (Å²) in [5.74, 6) is -0.0955. The molecule has 4 nitrogen and oxygen atoms in total. The Morgan fingerprint density at radius 2 is 2.11 bits per heavy atom. The lowest BCUT2D eigenvalue weighted by Crippen LogP contribution is -2.42. The Kier molecular flexibility index (Phi) is 2.66. The number of hydrogen-bond donors (Lipinski definition) is 1. The first-order chi connectivity index (χ1) is 8.63. The van der Waals surface area contributed by atoms with Gasteiger partial charge < -0.3 is 5.32 Å². The van der Waals surface area contributed by atoms with Crippen LogP contribution in [-0.4, -0.2) is 22.9 Å².